The maximum atomic E-state index is 12.9. The van der Waals surface area contributed by atoms with Crippen molar-refractivity contribution in [1.29, 1.82) is 0 Å². The molecule has 0 heterocycles. The number of nitrogens with one attached hydrogen (secondary N) is 1. The van der Waals surface area contributed by atoms with E-state index in [1.807, 2.05) is 21.1 Å². The first-order valence-electron chi connectivity index (χ1n) is 26.4. The molecule has 0 saturated heterocycles. The molecule has 0 radical (unpaired) electrons. The smallest absolute Gasteiger partial charge is 0.391 e. The van der Waals surface area contributed by atoms with Gasteiger partial charge in [-0.2, -0.15) is 0 Å². The Balaban J connectivity index is 4.06. The van der Waals surface area contributed by atoms with E-state index in [0.717, 1.165) is 38.5 Å². The van der Waals surface area contributed by atoms with Crippen molar-refractivity contribution in [2.24, 2.45) is 0 Å². The lowest BCUT2D eigenvalue weighted by Gasteiger charge is -2.26. The van der Waals surface area contributed by atoms with Crippen LogP contribution in [0.1, 0.15) is 271 Å². The molecule has 0 saturated carbocycles. The van der Waals surface area contributed by atoms with E-state index in [1.165, 1.54) is 205 Å². The van der Waals surface area contributed by atoms with Crippen LogP contribution in [0, 0.1) is 0 Å². The SMILES string of the molecule is CCCCCCCCCCCCCCCCCCCCCCCCCCCCC(=O)N[C@@H](COP(=O)(O)OCC[N+](C)(C)C)[C@H](O)CCCCCCCCCCCCCC. The van der Waals surface area contributed by atoms with E-state index < -0.39 is 20.0 Å². The zero-order valence-corrected chi connectivity index (χ0v) is 41.9. The topological polar surface area (TPSA) is 105 Å². The molecule has 3 N–H and O–H groups in total. The van der Waals surface area contributed by atoms with Crippen molar-refractivity contribution in [3.8, 4) is 0 Å². The maximum absolute atomic E-state index is 12.9. The largest absolute Gasteiger partial charge is 0.472 e. The van der Waals surface area contributed by atoms with Gasteiger partial charge in [-0.05, 0) is 12.8 Å². The molecule has 1 unspecified atom stereocenters. The molecule has 9 heteroatoms. The summed E-state index contributed by atoms with van der Waals surface area (Å²) < 4.78 is 23.7. The molecule has 360 valence electrons. The van der Waals surface area contributed by atoms with E-state index in [-0.39, 0.29) is 19.1 Å². The molecule has 0 aromatic rings. The van der Waals surface area contributed by atoms with Gasteiger partial charge in [-0.3, -0.25) is 13.8 Å². The second-order valence-electron chi connectivity index (χ2n) is 19.6. The number of unbranched alkanes of at least 4 members (excludes halogenated alkanes) is 36. The van der Waals surface area contributed by atoms with E-state index in [4.69, 9.17) is 9.05 Å². The van der Waals surface area contributed by atoms with E-state index >= 15 is 0 Å². The molecule has 0 bridgehead atoms. The highest BCUT2D eigenvalue weighted by atomic mass is 31.2. The number of nitrogens with zero attached hydrogens (tertiary/aromatic N) is 1. The number of amides is 1. The van der Waals surface area contributed by atoms with Gasteiger partial charge in [0.2, 0.25) is 5.91 Å². The van der Waals surface area contributed by atoms with E-state index in [1.54, 1.807) is 0 Å². The summed E-state index contributed by atoms with van der Waals surface area (Å²) in [6.45, 7) is 4.92. The lowest BCUT2D eigenvalue weighted by Crippen LogP contribution is -2.46. The van der Waals surface area contributed by atoms with Crippen LogP contribution < -0.4 is 5.32 Å². The fraction of sp³-hybridized carbons (Fsp3) is 0.980. The highest BCUT2D eigenvalue weighted by molar-refractivity contribution is 7.47. The first-order chi connectivity index (χ1) is 29.0. The molecule has 0 spiro atoms. The predicted octanol–water partition coefficient (Wildman–Crippen LogP) is 15.3. The van der Waals surface area contributed by atoms with Gasteiger partial charge < -0.3 is 19.8 Å². The Morgan fingerprint density at radius 1 is 0.500 bits per heavy atom. The van der Waals surface area contributed by atoms with Crippen molar-refractivity contribution in [3.63, 3.8) is 0 Å². The number of hydrogen-bond acceptors (Lipinski definition) is 5. The van der Waals surface area contributed by atoms with Crippen molar-refractivity contribution in [2.45, 2.75) is 283 Å². The van der Waals surface area contributed by atoms with Crippen molar-refractivity contribution in [1.82, 2.24) is 5.32 Å². The Hall–Kier alpha value is -0.500. The molecule has 0 aliphatic heterocycles. The van der Waals surface area contributed by atoms with E-state index in [0.29, 0.717) is 23.9 Å². The fourth-order valence-electron chi connectivity index (χ4n) is 8.17. The van der Waals surface area contributed by atoms with Gasteiger partial charge in [0, 0.05) is 6.42 Å². The standard InChI is InChI=1S/C51H105N2O6P/c1-6-8-10-12-14-16-18-20-21-22-23-24-25-26-27-28-29-30-31-32-33-35-37-39-41-43-45-51(55)52-49(48-59-60(56,57)58-47-46-53(3,4)5)50(54)44-42-40-38-36-34-19-17-15-13-11-9-7-2/h49-50,54H,6-48H2,1-5H3,(H-,52,55,56,57)/p+1/t49-,50+/m0/s1. The molecular formula is C51H106N2O6P+. The van der Waals surface area contributed by atoms with Crippen LogP contribution >= 0.6 is 7.82 Å². The number of aliphatic hydroxyl groups excluding tert-OH is 1. The van der Waals surface area contributed by atoms with Gasteiger partial charge >= 0.3 is 7.82 Å². The number of carbonyl (C=O) groups is 1. The van der Waals surface area contributed by atoms with Crippen LogP contribution in [-0.4, -0.2) is 73.4 Å². The van der Waals surface area contributed by atoms with E-state index in [9.17, 15) is 19.4 Å². The average molecular weight is 874 g/mol. The Kier molecular flexibility index (Phi) is 43.4. The summed E-state index contributed by atoms with van der Waals surface area (Å²) in [4.78, 5) is 23.2. The molecule has 3 atom stereocenters. The highest BCUT2D eigenvalue weighted by Gasteiger charge is 2.28. The van der Waals surface area contributed by atoms with Gasteiger partial charge in [-0.1, -0.05) is 251 Å². The monoisotopic (exact) mass is 874 g/mol. The zero-order valence-electron chi connectivity index (χ0n) is 41.0. The quantitative estimate of drug-likeness (QED) is 0.0319. The van der Waals surface area contributed by atoms with Gasteiger partial charge in [-0.15, -0.1) is 0 Å². The summed E-state index contributed by atoms with van der Waals surface area (Å²) in [6.07, 6.45) is 50.1. The van der Waals surface area contributed by atoms with Crippen LogP contribution in [0.4, 0.5) is 0 Å². The van der Waals surface area contributed by atoms with Crippen LogP contribution in [0.3, 0.4) is 0 Å². The molecule has 8 nitrogen and oxygen atoms in total. The number of rotatable bonds is 49. The van der Waals surface area contributed by atoms with Gasteiger partial charge in [-0.25, -0.2) is 4.57 Å². The maximum Gasteiger partial charge on any atom is 0.472 e. The molecule has 1 amide bonds. The second kappa shape index (κ2) is 43.7. The van der Waals surface area contributed by atoms with Crippen LogP contribution in [-0.2, 0) is 18.4 Å². The number of carbonyl (C=O) groups excluding carboxylic acids is 1. The number of likely N-dealkylation sites (N-methyl/N-ethyl adjacent to an activating group) is 1. The minimum atomic E-state index is -4.31. The zero-order chi connectivity index (χ0) is 44.3. The van der Waals surface area contributed by atoms with Crippen molar-refractivity contribution >= 4 is 13.7 Å². The summed E-state index contributed by atoms with van der Waals surface area (Å²) in [5, 5.41) is 14.0. The number of quaternary nitrogens is 1. The number of hydrogen-bond donors (Lipinski definition) is 3. The van der Waals surface area contributed by atoms with Gasteiger partial charge in [0.05, 0.1) is 39.9 Å². The van der Waals surface area contributed by atoms with Gasteiger partial charge in [0.1, 0.15) is 13.2 Å². The fourth-order valence-corrected chi connectivity index (χ4v) is 8.90. The third-order valence-electron chi connectivity index (χ3n) is 12.4. The molecule has 0 rings (SSSR count). The summed E-state index contributed by atoms with van der Waals surface area (Å²) >= 11 is 0. The summed E-state index contributed by atoms with van der Waals surface area (Å²) in [6, 6.07) is -0.753. The van der Waals surface area contributed by atoms with Crippen LogP contribution in [0.2, 0.25) is 0 Å². The number of phosphoric acid groups is 1. The Morgan fingerprint density at radius 2 is 0.800 bits per heavy atom. The third kappa shape index (κ3) is 45.5. The first kappa shape index (κ1) is 59.5. The Labute approximate surface area is 374 Å². The normalized spacial score (nSPS) is 14.1. The van der Waals surface area contributed by atoms with Crippen molar-refractivity contribution in [3.05, 3.63) is 0 Å². The van der Waals surface area contributed by atoms with Crippen LogP contribution in [0.25, 0.3) is 0 Å². The van der Waals surface area contributed by atoms with Crippen molar-refractivity contribution in [2.75, 3.05) is 40.9 Å². The third-order valence-corrected chi connectivity index (χ3v) is 13.3. The minimum Gasteiger partial charge on any atom is -0.391 e. The first-order valence-corrected chi connectivity index (χ1v) is 27.9. The summed E-state index contributed by atoms with van der Waals surface area (Å²) in [5.41, 5.74) is 0. The summed E-state index contributed by atoms with van der Waals surface area (Å²) in [5.74, 6) is -0.139. The average Bonchev–Trinajstić information content (AvgIpc) is 3.20. The molecule has 0 aliphatic carbocycles. The van der Waals surface area contributed by atoms with Crippen LogP contribution in [0.5, 0.6) is 0 Å². The van der Waals surface area contributed by atoms with E-state index in [2.05, 4.69) is 19.2 Å². The molecule has 0 aromatic carbocycles. The lowest BCUT2D eigenvalue weighted by molar-refractivity contribution is -0.870. The molecule has 60 heavy (non-hydrogen) atoms. The predicted molar refractivity (Wildman–Crippen MR) is 259 cm³/mol. The Morgan fingerprint density at radius 3 is 1.12 bits per heavy atom. The lowest BCUT2D eigenvalue weighted by atomic mass is 10.0. The Bertz CT molecular complexity index is 947. The molecular weight excluding hydrogens is 768 g/mol. The molecule has 0 aromatic heterocycles. The van der Waals surface area contributed by atoms with Crippen LogP contribution in [0.15, 0.2) is 0 Å². The summed E-state index contributed by atoms with van der Waals surface area (Å²) in [7, 11) is 1.63. The minimum absolute atomic E-state index is 0.0787. The number of phosphoric ester groups is 1. The second-order valence-corrected chi connectivity index (χ2v) is 21.1. The highest BCUT2D eigenvalue weighted by Crippen LogP contribution is 2.43. The van der Waals surface area contributed by atoms with Crippen molar-refractivity contribution < 1.29 is 32.9 Å². The molecule has 0 fully saturated rings. The van der Waals surface area contributed by atoms with Gasteiger partial charge in [0.25, 0.3) is 0 Å². The number of aliphatic hydroxyl groups is 1. The van der Waals surface area contributed by atoms with Gasteiger partial charge in [0.15, 0.2) is 0 Å². The molecule has 0 aliphatic rings.